The van der Waals surface area contributed by atoms with Crippen molar-refractivity contribution in [3.8, 4) is 5.75 Å². The molecule has 1 amide bonds. The number of alkyl halides is 3. The van der Waals surface area contributed by atoms with E-state index in [2.05, 4.69) is 15.9 Å². The molecular weight excluding hydrogens is 587 g/mol. The fourth-order valence-electron chi connectivity index (χ4n) is 4.70. The lowest BCUT2D eigenvalue weighted by Gasteiger charge is -2.46. The van der Waals surface area contributed by atoms with Crippen molar-refractivity contribution in [3.05, 3.63) is 91.8 Å². The topological polar surface area (TPSA) is 71.8 Å². The molecular formula is C26H21BrF3N3O4S. The number of thioether (sulfide) groups is 1. The van der Waals surface area contributed by atoms with Crippen molar-refractivity contribution in [1.29, 1.82) is 0 Å². The van der Waals surface area contributed by atoms with Gasteiger partial charge in [0.15, 0.2) is 5.69 Å². The van der Waals surface area contributed by atoms with Crippen molar-refractivity contribution in [2.24, 2.45) is 0 Å². The third-order valence-electron chi connectivity index (χ3n) is 6.56. The summed E-state index contributed by atoms with van der Waals surface area (Å²) in [5.41, 5.74) is 1.40. The Kier molecular flexibility index (Phi) is 6.80. The Labute approximate surface area is 228 Å². The first-order chi connectivity index (χ1) is 18.0. The lowest BCUT2D eigenvalue weighted by Crippen LogP contribution is -2.60. The van der Waals surface area contributed by atoms with E-state index in [1.165, 1.54) is 10.9 Å². The number of carbonyl (C=O) groups excluding carboxylic acids is 2. The molecule has 198 valence electrons. The van der Waals surface area contributed by atoms with Crippen LogP contribution in [0.3, 0.4) is 0 Å². The number of ether oxygens (including phenoxy) is 1. The predicted molar refractivity (Wildman–Crippen MR) is 139 cm³/mol. The normalized spacial score (nSPS) is 17.7. The van der Waals surface area contributed by atoms with E-state index in [4.69, 9.17) is 4.74 Å². The van der Waals surface area contributed by atoms with E-state index in [1.54, 1.807) is 16.8 Å². The zero-order valence-electron chi connectivity index (χ0n) is 20.2. The second kappa shape index (κ2) is 9.81. The predicted octanol–water partition coefficient (Wildman–Crippen LogP) is 5.23. The Morgan fingerprint density at radius 1 is 1.13 bits per heavy atom. The number of benzene rings is 2. The van der Waals surface area contributed by atoms with Gasteiger partial charge in [0.25, 0.3) is 5.91 Å². The molecule has 0 saturated heterocycles. The second-order valence-electron chi connectivity index (χ2n) is 8.94. The summed E-state index contributed by atoms with van der Waals surface area (Å²) in [6.45, 7) is 1.51. The maximum absolute atomic E-state index is 14.0. The molecule has 5 rings (SSSR count). The maximum Gasteiger partial charge on any atom is 0.408 e. The average Bonchev–Trinajstić information content (AvgIpc) is 3.01. The van der Waals surface area contributed by atoms with Gasteiger partial charge in [0.1, 0.15) is 12.7 Å². The number of fused-ring (bicyclic) bond motifs is 3. The van der Waals surface area contributed by atoms with E-state index in [9.17, 15) is 27.6 Å². The quantitative estimate of drug-likeness (QED) is 0.380. The highest BCUT2D eigenvalue weighted by molar-refractivity contribution is 9.10. The molecule has 0 bridgehead atoms. The van der Waals surface area contributed by atoms with Gasteiger partial charge in [-0.25, -0.2) is 0 Å². The van der Waals surface area contributed by atoms with Gasteiger partial charge in [-0.1, -0.05) is 46.3 Å². The third kappa shape index (κ3) is 4.60. The Hall–Kier alpha value is -3.25. The average molecular weight is 608 g/mol. The molecule has 0 saturated carbocycles. The van der Waals surface area contributed by atoms with E-state index in [-0.39, 0.29) is 0 Å². The number of pyridine rings is 1. The van der Waals surface area contributed by atoms with Gasteiger partial charge in [0.05, 0.1) is 6.04 Å². The van der Waals surface area contributed by atoms with Crippen molar-refractivity contribution in [2.75, 3.05) is 11.7 Å². The van der Waals surface area contributed by atoms with Crippen LogP contribution in [0.15, 0.2) is 68.9 Å². The molecule has 0 fully saturated rings. The number of hydrogen-bond donors (Lipinski definition) is 0. The first-order valence-corrected chi connectivity index (χ1v) is 13.3. The second-order valence-corrected chi connectivity index (χ2v) is 10.9. The summed E-state index contributed by atoms with van der Waals surface area (Å²) in [6, 6.07) is 11.6. The number of aromatic nitrogens is 1. The number of halogens is 4. The van der Waals surface area contributed by atoms with Crippen molar-refractivity contribution in [1.82, 2.24) is 9.58 Å². The van der Waals surface area contributed by atoms with Gasteiger partial charge in [-0.15, -0.1) is 11.8 Å². The van der Waals surface area contributed by atoms with E-state index in [1.807, 2.05) is 42.5 Å². The number of carbonyl (C=O) groups is 2. The van der Waals surface area contributed by atoms with Crippen LogP contribution >= 0.6 is 27.7 Å². The lowest BCUT2D eigenvalue weighted by atomic mass is 9.94. The van der Waals surface area contributed by atoms with Crippen molar-refractivity contribution < 1.29 is 27.5 Å². The molecule has 0 spiro atoms. The molecule has 38 heavy (non-hydrogen) atoms. The molecule has 0 radical (unpaired) electrons. The Bertz CT molecular complexity index is 1510. The Morgan fingerprint density at radius 2 is 1.87 bits per heavy atom. The van der Waals surface area contributed by atoms with Gasteiger partial charge in [-0.05, 0) is 35.7 Å². The molecule has 2 aliphatic heterocycles. The maximum atomic E-state index is 14.0. The fraction of sp³-hybridized carbons (Fsp3) is 0.269. The molecule has 12 heteroatoms. The van der Waals surface area contributed by atoms with E-state index in [0.717, 1.165) is 46.0 Å². The summed E-state index contributed by atoms with van der Waals surface area (Å²) in [5.74, 6) is -1.92. The number of hydrogen-bond acceptors (Lipinski definition) is 6. The van der Waals surface area contributed by atoms with Crippen LogP contribution in [0.25, 0.3) is 0 Å². The monoisotopic (exact) mass is 607 g/mol. The summed E-state index contributed by atoms with van der Waals surface area (Å²) in [5, 5.41) is 1.60. The Morgan fingerprint density at radius 3 is 2.58 bits per heavy atom. The van der Waals surface area contributed by atoms with Crippen LogP contribution < -0.4 is 15.2 Å². The van der Waals surface area contributed by atoms with Crippen LogP contribution in [-0.4, -0.2) is 40.3 Å². The van der Waals surface area contributed by atoms with Gasteiger partial charge < -0.3 is 9.64 Å². The van der Waals surface area contributed by atoms with E-state index in [0.29, 0.717) is 10.7 Å². The summed E-state index contributed by atoms with van der Waals surface area (Å²) >= 11 is 5.09. The van der Waals surface area contributed by atoms with Gasteiger partial charge in [0.2, 0.25) is 11.2 Å². The highest BCUT2D eigenvalue weighted by Crippen LogP contribution is 2.44. The first kappa shape index (κ1) is 26.4. The molecule has 1 aromatic heterocycles. The molecule has 0 unspecified atom stereocenters. The minimum atomic E-state index is -4.74. The fourth-order valence-corrected chi connectivity index (χ4v) is 6.35. The zero-order valence-corrected chi connectivity index (χ0v) is 22.6. The largest absolute Gasteiger partial charge is 0.420 e. The highest BCUT2D eigenvalue weighted by atomic mass is 79.9. The van der Waals surface area contributed by atoms with Crippen LogP contribution in [0.1, 0.15) is 47.1 Å². The molecule has 0 aliphatic carbocycles. The van der Waals surface area contributed by atoms with Gasteiger partial charge in [0, 0.05) is 34.3 Å². The van der Waals surface area contributed by atoms with Gasteiger partial charge >= 0.3 is 12.1 Å². The summed E-state index contributed by atoms with van der Waals surface area (Å²) in [7, 11) is 0. The van der Waals surface area contributed by atoms with Crippen LogP contribution in [-0.2, 0) is 10.5 Å². The van der Waals surface area contributed by atoms with Crippen molar-refractivity contribution >= 4 is 39.6 Å². The summed E-state index contributed by atoms with van der Waals surface area (Å²) < 4.78 is 49.2. The van der Waals surface area contributed by atoms with Crippen molar-refractivity contribution in [3.63, 3.8) is 0 Å². The molecule has 0 N–H and O–H groups in total. The number of esters is 1. The van der Waals surface area contributed by atoms with Gasteiger partial charge in [-0.2, -0.15) is 13.2 Å². The summed E-state index contributed by atoms with van der Waals surface area (Å²) in [6.07, 6.45) is -3.41. The third-order valence-corrected chi connectivity index (χ3v) is 8.17. The van der Waals surface area contributed by atoms with Crippen LogP contribution in [0.5, 0.6) is 5.75 Å². The van der Waals surface area contributed by atoms with E-state index >= 15 is 0 Å². The standard InChI is InChI=1S/C26H21BrF3N3O4S/c1-14(26(28,29)30)31-13-33(32-10-9-20(35)24(37-15(2)34)23(32)25(31)36)22-18-6-4-3-5-16(18)12-38-21-11-17(27)7-8-19(21)22/h3-11,14,22H,12-13H2,1-2H3/t14-,22-/m1/s1. The highest BCUT2D eigenvalue weighted by Gasteiger charge is 2.48. The smallest absolute Gasteiger partial charge is 0.408 e. The molecule has 7 nitrogen and oxygen atoms in total. The molecule has 2 aliphatic rings. The number of amides is 1. The van der Waals surface area contributed by atoms with Crippen LogP contribution in [0, 0.1) is 0 Å². The molecule has 3 aromatic rings. The van der Waals surface area contributed by atoms with Crippen LogP contribution in [0.2, 0.25) is 0 Å². The number of nitrogens with zero attached hydrogens (tertiary/aromatic N) is 3. The van der Waals surface area contributed by atoms with Crippen LogP contribution in [0.4, 0.5) is 13.2 Å². The Balaban J connectivity index is 1.80. The van der Waals surface area contributed by atoms with Gasteiger partial charge in [-0.3, -0.25) is 24.1 Å². The molecule has 3 heterocycles. The SMILES string of the molecule is CC(=O)Oc1c2n(ccc1=O)N([C@@H]1c3ccccc3CSc3cc(Br)ccc31)CN([C@H](C)C(F)(F)F)C2=O. The summed E-state index contributed by atoms with van der Waals surface area (Å²) in [4.78, 5) is 39.6. The van der Waals surface area contributed by atoms with E-state index < -0.39 is 53.7 Å². The van der Waals surface area contributed by atoms with Crippen molar-refractivity contribution in [2.45, 2.75) is 42.8 Å². The number of rotatable bonds is 3. The minimum absolute atomic E-state index is 0.436. The molecule has 2 aromatic carbocycles. The minimum Gasteiger partial charge on any atom is -0.420 e. The lowest BCUT2D eigenvalue weighted by molar-refractivity contribution is -0.173. The molecule has 2 atom stereocenters. The zero-order chi connectivity index (χ0) is 27.4. The first-order valence-electron chi connectivity index (χ1n) is 11.6.